The molecule has 0 N–H and O–H groups in total. The monoisotopic (exact) mass is 413 g/mol. The van der Waals surface area contributed by atoms with Gasteiger partial charge in [0, 0.05) is 12.7 Å². The zero-order valence-corrected chi connectivity index (χ0v) is 17.6. The number of halogens is 1. The van der Waals surface area contributed by atoms with Crippen molar-refractivity contribution in [3.8, 4) is 0 Å². The van der Waals surface area contributed by atoms with Crippen molar-refractivity contribution in [2.75, 3.05) is 26.3 Å². The summed E-state index contributed by atoms with van der Waals surface area (Å²) < 4.78 is 16.6. The molecule has 1 saturated heterocycles. The number of hydrogen-bond donors (Lipinski definition) is 0. The van der Waals surface area contributed by atoms with E-state index in [1.54, 1.807) is 33.9 Å². The van der Waals surface area contributed by atoms with E-state index in [2.05, 4.69) is 9.97 Å². The molecule has 1 aromatic rings. The number of nitrogens with zero attached hydrogens (tertiary/aromatic N) is 3. The van der Waals surface area contributed by atoms with Crippen LogP contribution in [0.1, 0.15) is 46.2 Å². The molecule has 1 fully saturated rings. The maximum absolute atomic E-state index is 12.7. The Labute approximate surface area is 170 Å². The summed E-state index contributed by atoms with van der Waals surface area (Å²) in [6.45, 7) is 8.05. The van der Waals surface area contributed by atoms with Gasteiger partial charge >= 0.3 is 12.1 Å². The first kappa shape index (κ1) is 22.4. The zero-order chi connectivity index (χ0) is 20.8. The molecule has 0 aliphatic carbocycles. The standard InChI is InChI=1S/C19H28ClN3O5/c1-5-26-16(24)19(8-6-7-14-11-21-12-15(20)22-14)13-23(9-10-27-19)17(25)28-18(2,3)4/h11-12H,5-10,13H2,1-4H3. The molecule has 28 heavy (non-hydrogen) atoms. The van der Waals surface area contributed by atoms with Crippen molar-refractivity contribution in [3.63, 3.8) is 0 Å². The van der Waals surface area contributed by atoms with Gasteiger partial charge in [0.25, 0.3) is 0 Å². The molecule has 0 saturated carbocycles. The average molecular weight is 414 g/mol. The van der Waals surface area contributed by atoms with Gasteiger partial charge in [0.1, 0.15) is 10.8 Å². The molecule has 1 aliphatic heterocycles. The molecule has 1 amide bonds. The van der Waals surface area contributed by atoms with Crippen LogP contribution in [-0.4, -0.2) is 64.4 Å². The highest BCUT2D eigenvalue weighted by molar-refractivity contribution is 6.29. The molecule has 2 heterocycles. The second-order valence-corrected chi connectivity index (χ2v) is 8.04. The van der Waals surface area contributed by atoms with E-state index in [0.29, 0.717) is 31.0 Å². The number of esters is 1. The number of ether oxygens (including phenoxy) is 3. The van der Waals surface area contributed by atoms with Crippen LogP contribution in [0.15, 0.2) is 12.4 Å². The number of carbonyl (C=O) groups is 2. The second-order valence-electron chi connectivity index (χ2n) is 7.65. The normalized spacial score (nSPS) is 20.0. The van der Waals surface area contributed by atoms with Crippen LogP contribution >= 0.6 is 11.6 Å². The van der Waals surface area contributed by atoms with E-state index in [0.717, 1.165) is 5.69 Å². The summed E-state index contributed by atoms with van der Waals surface area (Å²) in [7, 11) is 0. The highest BCUT2D eigenvalue weighted by Gasteiger charge is 2.46. The number of amides is 1. The minimum atomic E-state index is -1.23. The van der Waals surface area contributed by atoms with Gasteiger partial charge in [-0.1, -0.05) is 11.6 Å². The molecule has 2 rings (SSSR count). The summed E-state index contributed by atoms with van der Waals surface area (Å²) >= 11 is 5.87. The summed E-state index contributed by atoms with van der Waals surface area (Å²) in [5, 5.41) is 0.322. The van der Waals surface area contributed by atoms with Crippen molar-refractivity contribution < 1.29 is 23.8 Å². The first-order chi connectivity index (χ1) is 13.1. The van der Waals surface area contributed by atoms with Crippen molar-refractivity contribution >= 4 is 23.7 Å². The van der Waals surface area contributed by atoms with Crippen molar-refractivity contribution in [3.05, 3.63) is 23.2 Å². The van der Waals surface area contributed by atoms with Gasteiger partial charge in [-0.05, 0) is 47.0 Å². The highest BCUT2D eigenvalue weighted by atomic mass is 35.5. The molecule has 1 atom stereocenters. The van der Waals surface area contributed by atoms with E-state index in [4.69, 9.17) is 25.8 Å². The topological polar surface area (TPSA) is 90.9 Å². The summed E-state index contributed by atoms with van der Waals surface area (Å²) in [6, 6.07) is 0. The maximum Gasteiger partial charge on any atom is 0.410 e. The second kappa shape index (κ2) is 9.52. The number of aryl methyl sites for hydroxylation is 1. The minimum absolute atomic E-state index is 0.0853. The molecule has 0 bridgehead atoms. The number of rotatable bonds is 6. The minimum Gasteiger partial charge on any atom is -0.464 e. The number of hydrogen-bond acceptors (Lipinski definition) is 7. The van der Waals surface area contributed by atoms with Crippen LogP contribution in [0, 0.1) is 0 Å². The van der Waals surface area contributed by atoms with Gasteiger partial charge in [-0.2, -0.15) is 0 Å². The van der Waals surface area contributed by atoms with Gasteiger partial charge in [0.2, 0.25) is 0 Å². The lowest BCUT2D eigenvalue weighted by atomic mass is 9.93. The molecule has 0 radical (unpaired) electrons. The largest absolute Gasteiger partial charge is 0.464 e. The Bertz CT molecular complexity index is 694. The van der Waals surface area contributed by atoms with Gasteiger partial charge in [-0.3, -0.25) is 4.98 Å². The quantitative estimate of drug-likeness (QED) is 0.662. The van der Waals surface area contributed by atoms with Crippen molar-refractivity contribution in [2.24, 2.45) is 0 Å². The number of aromatic nitrogens is 2. The third kappa shape index (κ3) is 6.31. The van der Waals surface area contributed by atoms with E-state index < -0.39 is 23.3 Å². The molecular weight excluding hydrogens is 386 g/mol. The molecule has 0 aromatic carbocycles. The Morgan fingerprint density at radius 3 is 2.75 bits per heavy atom. The lowest BCUT2D eigenvalue weighted by molar-refractivity contribution is -0.184. The van der Waals surface area contributed by atoms with E-state index in [1.807, 2.05) is 0 Å². The Balaban J connectivity index is 2.09. The van der Waals surface area contributed by atoms with Gasteiger partial charge < -0.3 is 19.1 Å². The first-order valence-electron chi connectivity index (χ1n) is 9.41. The van der Waals surface area contributed by atoms with E-state index in [-0.39, 0.29) is 19.8 Å². The Hall–Kier alpha value is -1.93. The fraction of sp³-hybridized carbons (Fsp3) is 0.684. The van der Waals surface area contributed by atoms with Gasteiger partial charge in [0.05, 0.1) is 31.6 Å². The SMILES string of the molecule is CCOC(=O)C1(CCCc2cncc(Cl)n2)CN(C(=O)OC(C)(C)C)CCO1. The smallest absolute Gasteiger partial charge is 0.410 e. The van der Waals surface area contributed by atoms with Gasteiger partial charge in [0.15, 0.2) is 5.60 Å². The van der Waals surface area contributed by atoms with Crippen LogP contribution in [0.25, 0.3) is 0 Å². The highest BCUT2D eigenvalue weighted by Crippen LogP contribution is 2.27. The van der Waals surface area contributed by atoms with Crippen LogP contribution in [0.2, 0.25) is 5.15 Å². The summed E-state index contributed by atoms with van der Waals surface area (Å²) in [6.07, 6.45) is 4.18. The van der Waals surface area contributed by atoms with Gasteiger partial charge in [-0.25, -0.2) is 14.6 Å². The lowest BCUT2D eigenvalue weighted by Gasteiger charge is -2.41. The van der Waals surface area contributed by atoms with Crippen LogP contribution in [0.4, 0.5) is 4.79 Å². The molecule has 0 spiro atoms. The molecule has 8 nitrogen and oxygen atoms in total. The summed E-state index contributed by atoms with van der Waals surface area (Å²) in [4.78, 5) is 34.9. The van der Waals surface area contributed by atoms with E-state index >= 15 is 0 Å². The van der Waals surface area contributed by atoms with Crippen molar-refractivity contribution in [1.29, 1.82) is 0 Å². The van der Waals surface area contributed by atoms with Crippen LogP contribution in [-0.2, 0) is 25.4 Å². The average Bonchev–Trinajstić information content (AvgIpc) is 2.61. The predicted octanol–water partition coefficient (Wildman–Crippen LogP) is 3.02. The fourth-order valence-corrected chi connectivity index (χ4v) is 3.13. The van der Waals surface area contributed by atoms with Crippen molar-refractivity contribution in [1.82, 2.24) is 14.9 Å². The lowest BCUT2D eigenvalue weighted by Crippen LogP contribution is -2.59. The fourth-order valence-electron chi connectivity index (χ4n) is 2.96. The zero-order valence-electron chi connectivity index (χ0n) is 16.9. The number of carbonyl (C=O) groups excluding carboxylic acids is 2. The summed E-state index contributed by atoms with van der Waals surface area (Å²) in [5.74, 6) is -0.472. The first-order valence-corrected chi connectivity index (χ1v) is 9.78. The molecule has 156 valence electrons. The third-order valence-electron chi connectivity index (χ3n) is 4.15. The molecule has 9 heteroatoms. The Morgan fingerprint density at radius 1 is 1.36 bits per heavy atom. The van der Waals surface area contributed by atoms with Gasteiger partial charge in [-0.15, -0.1) is 0 Å². The maximum atomic E-state index is 12.7. The molecule has 1 aliphatic rings. The van der Waals surface area contributed by atoms with E-state index in [9.17, 15) is 9.59 Å². The van der Waals surface area contributed by atoms with Crippen molar-refractivity contribution in [2.45, 2.75) is 58.2 Å². The van der Waals surface area contributed by atoms with Crippen LogP contribution < -0.4 is 0 Å². The van der Waals surface area contributed by atoms with E-state index in [1.165, 1.54) is 11.1 Å². The Kier molecular flexibility index (Phi) is 7.60. The summed E-state index contributed by atoms with van der Waals surface area (Å²) in [5.41, 5.74) is -1.11. The molecular formula is C19H28ClN3O5. The molecule has 1 aromatic heterocycles. The van der Waals surface area contributed by atoms with Crippen LogP contribution in [0.3, 0.4) is 0 Å². The number of morpholine rings is 1. The predicted molar refractivity (Wildman–Crippen MR) is 103 cm³/mol. The Morgan fingerprint density at radius 2 is 2.11 bits per heavy atom. The van der Waals surface area contributed by atoms with Crippen LogP contribution in [0.5, 0.6) is 0 Å². The molecule has 1 unspecified atom stereocenters. The third-order valence-corrected chi connectivity index (χ3v) is 4.34.